The van der Waals surface area contributed by atoms with Crippen molar-refractivity contribution in [2.24, 2.45) is 0 Å². The van der Waals surface area contributed by atoms with Gasteiger partial charge in [0, 0.05) is 57.1 Å². The van der Waals surface area contributed by atoms with Crippen LogP contribution >= 0.6 is 0 Å². The van der Waals surface area contributed by atoms with Crippen LogP contribution in [-0.4, -0.2) is 15.0 Å². The van der Waals surface area contributed by atoms with Gasteiger partial charge in [0.25, 0.3) is 0 Å². The molecule has 0 aliphatic heterocycles. The smallest absolute Gasteiger partial charge is 0.472 e. The summed E-state index contributed by atoms with van der Waals surface area (Å²) >= 11 is 0. The summed E-state index contributed by atoms with van der Waals surface area (Å²) in [7, 11) is 0. The van der Waals surface area contributed by atoms with E-state index in [1.54, 1.807) is 36.4 Å². The monoisotopic (exact) mass is 1150 g/mol. The minimum atomic E-state index is -0.418. The van der Waals surface area contributed by atoms with Gasteiger partial charge in [-0.05, 0) is 92.6 Å². The average molecular weight is 1150 g/mol. The first-order valence-corrected chi connectivity index (χ1v) is 24.7. The number of fused-ring (bicyclic) bond motifs is 7. The quantitative estimate of drug-likeness (QED) is 0.0723. The minimum Gasteiger partial charge on any atom is -0.472 e. The van der Waals surface area contributed by atoms with Crippen LogP contribution in [0.5, 0.6) is 0 Å². The molecule has 13 aromatic rings. The van der Waals surface area contributed by atoms with Crippen molar-refractivity contribution >= 4 is 54.5 Å². The number of pyridine rings is 3. The van der Waals surface area contributed by atoms with Gasteiger partial charge >= 0.3 is 31.4 Å². The molecule has 5 heterocycles. The first-order valence-electron chi connectivity index (χ1n) is 24.7. The Morgan fingerprint density at radius 2 is 0.947 bits per heavy atom. The molecule has 0 aliphatic rings. The Morgan fingerprint density at radius 1 is 0.387 bits per heavy atom. The first-order chi connectivity index (χ1) is 36.5. The largest absolute Gasteiger partial charge is 3.00 e. The van der Waals surface area contributed by atoms with Crippen molar-refractivity contribution in [2.45, 2.75) is 25.7 Å². The van der Waals surface area contributed by atoms with Gasteiger partial charge < -0.3 is 23.8 Å². The number of aryl methyl sites for hydroxylation is 4. The number of rotatable bonds is 11. The van der Waals surface area contributed by atoms with Crippen LogP contribution in [0.3, 0.4) is 0 Å². The molecule has 0 radical (unpaired) electrons. The molecule has 8 heteroatoms. The summed E-state index contributed by atoms with van der Waals surface area (Å²) in [4.78, 5) is 41.2. The normalized spacial score (nSPS) is 11.4. The summed E-state index contributed by atoms with van der Waals surface area (Å²) in [5, 5.41) is 4.47. The second-order valence-corrected chi connectivity index (χ2v) is 18.7. The van der Waals surface area contributed by atoms with Gasteiger partial charge in [0.1, 0.15) is 0 Å². The molecule has 0 saturated heterocycles. The molecule has 358 valence electrons. The van der Waals surface area contributed by atoms with Crippen molar-refractivity contribution in [3.63, 3.8) is 0 Å². The maximum atomic E-state index is 13.2. The Kier molecular flexibility index (Phi) is 12.7. The Hall–Kier alpha value is -8.94. The Bertz CT molecular complexity index is 4270. The van der Waals surface area contributed by atoms with Gasteiger partial charge in [-0.1, -0.05) is 156 Å². The van der Waals surface area contributed by atoms with Gasteiger partial charge in [-0.25, -0.2) is 9.59 Å². The van der Waals surface area contributed by atoms with Crippen LogP contribution in [-0.2, 0) is 45.8 Å². The Labute approximate surface area is 445 Å². The topological polar surface area (TPSA) is 99.1 Å². The van der Waals surface area contributed by atoms with Crippen molar-refractivity contribution in [2.75, 3.05) is 0 Å². The van der Waals surface area contributed by atoms with Gasteiger partial charge in [0.15, 0.2) is 0 Å². The summed E-state index contributed by atoms with van der Waals surface area (Å²) in [5.41, 5.74) is 15.7. The van der Waals surface area contributed by atoms with Crippen LogP contribution in [0, 0.1) is 18.2 Å². The fourth-order valence-electron chi connectivity index (χ4n) is 10.3. The molecule has 75 heavy (non-hydrogen) atoms. The molecule has 0 fully saturated rings. The van der Waals surface area contributed by atoms with Gasteiger partial charge in [-0.2, -0.15) is 0 Å². The first kappa shape index (κ1) is 47.1. The minimum absolute atomic E-state index is 0. The summed E-state index contributed by atoms with van der Waals surface area (Å²) in [6.45, 7) is 0. The molecule has 0 atom stereocenters. The predicted octanol–water partition coefficient (Wildman–Crippen LogP) is 14.8. The summed E-state index contributed by atoms with van der Waals surface area (Å²) in [6.07, 6.45) is 8.36. The standard InChI is InChI=1S/C67H42N3O4.Ir/c71-66-58-36-44(39-69-64(58)55-20-8-10-23-62(55)73-66)27-25-42-33-43(26-28-45-37-59-65(70-40-45)56-21-9-11-24-63(56)74-67(59)72)35-50(34-42)52-18-6-7-19-53(52)60-41-68-61(54-22-12-16-48-15-4-5-17-51(48)54)38-57(60)49-31-29-47(30-32-49)46-13-2-1-3-14-46;/h1-19,23-24,29-41H,25-28H2;/q-3;+3. The van der Waals surface area contributed by atoms with Crippen molar-refractivity contribution in [1.82, 2.24) is 15.0 Å². The second kappa shape index (κ2) is 20.2. The van der Waals surface area contributed by atoms with Crippen molar-refractivity contribution < 1.29 is 28.9 Å². The van der Waals surface area contributed by atoms with Crippen LogP contribution in [0.1, 0.15) is 22.3 Å². The van der Waals surface area contributed by atoms with Gasteiger partial charge in [-0.3, -0.25) is 0 Å². The van der Waals surface area contributed by atoms with Gasteiger partial charge in [0.05, 0.1) is 0 Å². The zero-order valence-electron chi connectivity index (χ0n) is 40.3. The Balaban J connectivity index is 0.00000569. The number of hydrogen-bond acceptors (Lipinski definition) is 7. The van der Waals surface area contributed by atoms with Crippen LogP contribution in [0.4, 0.5) is 0 Å². The van der Waals surface area contributed by atoms with E-state index in [0.29, 0.717) is 69.4 Å². The molecule has 0 spiro atoms. The van der Waals surface area contributed by atoms with E-state index in [0.717, 1.165) is 88.8 Å². The predicted molar refractivity (Wildman–Crippen MR) is 296 cm³/mol. The van der Waals surface area contributed by atoms with Crippen LogP contribution in [0.2, 0.25) is 0 Å². The fourth-order valence-corrected chi connectivity index (χ4v) is 10.3. The molecule has 8 aromatic carbocycles. The fraction of sp³-hybridized carbons (Fsp3) is 0.0597. The van der Waals surface area contributed by atoms with E-state index in [1.165, 1.54) is 0 Å². The van der Waals surface area contributed by atoms with Crippen LogP contribution in [0.25, 0.3) is 110 Å². The number of benzene rings is 8. The third kappa shape index (κ3) is 9.16. The molecule has 7 nitrogen and oxygen atoms in total. The molecule has 5 aromatic heterocycles. The molecule has 0 N–H and O–H groups in total. The average Bonchev–Trinajstić information content (AvgIpc) is 3.46. The third-order valence-electron chi connectivity index (χ3n) is 14.0. The van der Waals surface area contributed by atoms with E-state index in [-0.39, 0.29) is 20.1 Å². The molecule has 0 bridgehead atoms. The van der Waals surface area contributed by atoms with Crippen molar-refractivity contribution in [3.8, 4) is 55.8 Å². The SMILES string of the molecule is O=c1oc2ccc[c-]c2c2ncc(CCc3cc(CCc4cnc5c(c4)c(=O)oc4ccc[c-]c45)cc(-c4ccccc4-c4cnc(-c5[c-]ccc6ccccc56)cc4-c4ccc(-c5ccccc5)cc4)c3)cc12.[Ir+3]. The van der Waals surface area contributed by atoms with E-state index >= 15 is 0 Å². The molecular formula is C67H42IrN3O4. The molecule has 0 aliphatic carbocycles. The van der Waals surface area contributed by atoms with Gasteiger partial charge in [-0.15, -0.1) is 77.7 Å². The maximum Gasteiger partial charge on any atom is 3.00 e. The van der Waals surface area contributed by atoms with Crippen LogP contribution < -0.4 is 11.3 Å². The van der Waals surface area contributed by atoms with E-state index in [4.69, 9.17) is 23.8 Å². The number of hydrogen-bond donors (Lipinski definition) is 0. The molecule has 0 amide bonds. The maximum absolute atomic E-state index is 13.2. The van der Waals surface area contributed by atoms with Crippen LogP contribution in [0.15, 0.2) is 225 Å². The zero-order chi connectivity index (χ0) is 49.5. The van der Waals surface area contributed by atoms with E-state index in [9.17, 15) is 9.59 Å². The molecular weight excluding hydrogens is 1100 g/mol. The van der Waals surface area contributed by atoms with E-state index in [1.807, 2.05) is 42.9 Å². The summed E-state index contributed by atoms with van der Waals surface area (Å²) in [6, 6.07) is 73.7. The van der Waals surface area contributed by atoms with Gasteiger partial charge in [0.2, 0.25) is 0 Å². The number of aromatic nitrogens is 3. The summed E-state index contributed by atoms with van der Waals surface area (Å²) < 4.78 is 11.4. The number of nitrogens with zero attached hydrogens (tertiary/aromatic N) is 3. The second-order valence-electron chi connectivity index (χ2n) is 18.7. The molecule has 13 rings (SSSR count). The van der Waals surface area contributed by atoms with Crippen molar-refractivity contribution in [1.29, 1.82) is 0 Å². The molecule has 0 unspecified atom stereocenters. The van der Waals surface area contributed by atoms with E-state index in [2.05, 4.69) is 146 Å². The Morgan fingerprint density at radius 3 is 1.60 bits per heavy atom. The van der Waals surface area contributed by atoms with E-state index < -0.39 is 11.3 Å². The summed E-state index contributed by atoms with van der Waals surface area (Å²) in [5.74, 6) is 0. The third-order valence-corrected chi connectivity index (χ3v) is 14.0. The zero-order valence-corrected chi connectivity index (χ0v) is 42.7. The van der Waals surface area contributed by atoms with Crippen molar-refractivity contribution in [3.05, 3.63) is 268 Å². The molecule has 0 saturated carbocycles.